The molecule has 0 bridgehead atoms. The predicted octanol–water partition coefficient (Wildman–Crippen LogP) is 9.26. The van der Waals surface area contributed by atoms with Crippen LogP contribution in [0.4, 0.5) is 0 Å². The summed E-state index contributed by atoms with van der Waals surface area (Å²) >= 11 is 0. The fraction of sp³-hybridized carbons (Fsp3) is 0.929. The third-order valence-corrected chi connectivity index (χ3v) is 6.70. The molecule has 0 aromatic carbocycles. The van der Waals surface area contributed by atoms with Crippen LogP contribution in [0.2, 0.25) is 0 Å². The summed E-state index contributed by atoms with van der Waals surface area (Å²) in [4.78, 5) is 5.03. The summed E-state index contributed by atoms with van der Waals surface area (Å²) in [7, 11) is 0. The molecule has 2 nitrogen and oxygen atoms in total. The second kappa shape index (κ2) is 21.6. The summed E-state index contributed by atoms with van der Waals surface area (Å²) in [6.45, 7) is 8.23. The van der Waals surface area contributed by atoms with E-state index in [0.717, 1.165) is 6.67 Å². The van der Waals surface area contributed by atoms with Gasteiger partial charge in [0, 0.05) is 25.5 Å². The van der Waals surface area contributed by atoms with Gasteiger partial charge in [0.25, 0.3) is 0 Å². The minimum Gasteiger partial charge on any atom is -0.359 e. The molecule has 0 radical (unpaired) electrons. The second-order valence-electron chi connectivity index (χ2n) is 9.78. The fourth-order valence-electron chi connectivity index (χ4n) is 4.59. The SMILES string of the molecule is CCCCCCCCCCCCCCCCN1C=CN(CCCCCCCCC)C1. The van der Waals surface area contributed by atoms with E-state index in [1.165, 1.54) is 148 Å². The van der Waals surface area contributed by atoms with E-state index in [-0.39, 0.29) is 0 Å². The summed E-state index contributed by atoms with van der Waals surface area (Å²) in [5, 5.41) is 0. The highest BCUT2D eigenvalue weighted by Crippen LogP contribution is 2.15. The zero-order valence-electron chi connectivity index (χ0n) is 21.0. The van der Waals surface area contributed by atoms with Gasteiger partial charge in [0.15, 0.2) is 0 Å². The van der Waals surface area contributed by atoms with E-state index in [9.17, 15) is 0 Å². The number of unbranched alkanes of at least 4 members (excludes halogenated alkanes) is 19. The number of nitrogens with zero attached hydrogens (tertiary/aromatic N) is 2. The van der Waals surface area contributed by atoms with Gasteiger partial charge in [-0.15, -0.1) is 0 Å². The van der Waals surface area contributed by atoms with E-state index in [0.29, 0.717) is 0 Å². The largest absolute Gasteiger partial charge is 0.359 e. The van der Waals surface area contributed by atoms with Crippen molar-refractivity contribution in [3.05, 3.63) is 12.4 Å². The maximum Gasteiger partial charge on any atom is 0.0893 e. The Hall–Kier alpha value is -0.660. The highest BCUT2D eigenvalue weighted by molar-refractivity contribution is 4.90. The molecule has 0 saturated heterocycles. The fourth-order valence-corrected chi connectivity index (χ4v) is 4.59. The van der Waals surface area contributed by atoms with Gasteiger partial charge in [-0.2, -0.15) is 0 Å². The van der Waals surface area contributed by atoms with Gasteiger partial charge in [0.05, 0.1) is 6.67 Å². The molecule has 0 atom stereocenters. The van der Waals surface area contributed by atoms with Crippen molar-refractivity contribution in [3.63, 3.8) is 0 Å². The highest BCUT2D eigenvalue weighted by atomic mass is 15.3. The van der Waals surface area contributed by atoms with Crippen molar-refractivity contribution in [3.8, 4) is 0 Å². The second-order valence-corrected chi connectivity index (χ2v) is 9.78. The van der Waals surface area contributed by atoms with E-state index >= 15 is 0 Å². The van der Waals surface area contributed by atoms with Gasteiger partial charge in [0.1, 0.15) is 0 Å². The maximum absolute atomic E-state index is 2.52. The highest BCUT2D eigenvalue weighted by Gasteiger charge is 2.10. The summed E-state index contributed by atoms with van der Waals surface area (Å²) in [5.74, 6) is 0. The summed E-state index contributed by atoms with van der Waals surface area (Å²) in [6.07, 6.45) is 34.7. The molecule has 0 amide bonds. The first kappa shape index (κ1) is 27.4. The average molecular weight is 421 g/mol. The van der Waals surface area contributed by atoms with E-state index in [1.54, 1.807) is 0 Å². The molecule has 1 aliphatic heterocycles. The molecule has 2 heteroatoms. The summed E-state index contributed by atoms with van der Waals surface area (Å²) < 4.78 is 0. The van der Waals surface area contributed by atoms with Gasteiger partial charge in [-0.25, -0.2) is 0 Å². The Morgan fingerprint density at radius 1 is 0.400 bits per heavy atom. The van der Waals surface area contributed by atoms with Crippen molar-refractivity contribution in [1.29, 1.82) is 0 Å². The predicted molar refractivity (Wildman–Crippen MR) is 136 cm³/mol. The first-order valence-corrected chi connectivity index (χ1v) is 14.0. The van der Waals surface area contributed by atoms with Crippen LogP contribution in [0.1, 0.15) is 149 Å². The van der Waals surface area contributed by atoms with Crippen LogP contribution in [0.5, 0.6) is 0 Å². The summed E-state index contributed by atoms with van der Waals surface area (Å²) in [6, 6.07) is 0. The molecule has 1 aliphatic rings. The molecule has 1 heterocycles. The van der Waals surface area contributed by atoms with Gasteiger partial charge in [-0.3, -0.25) is 0 Å². The minimum atomic E-state index is 1.13. The lowest BCUT2D eigenvalue weighted by Crippen LogP contribution is -2.26. The lowest BCUT2D eigenvalue weighted by atomic mass is 10.0. The van der Waals surface area contributed by atoms with Crippen molar-refractivity contribution in [1.82, 2.24) is 9.80 Å². The Morgan fingerprint density at radius 2 is 0.667 bits per heavy atom. The van der Waals surface area contributed by atoms with E-state index in [2.05, 4.69) is 36.0 Å². The first-order valence-electron chi connectivity index (χ1n) is 14.0. The lowest BCUT2D eigenvalue weighted by Gasteiger charge is -2.21. The minimum absolute atomic E-state index is 1.13. The van der Waals surface area contributed by atoms with Crippen molar-refractivity contribution in [2.75, 3.05) is 19.8 Å². The molecule has 0 aromatic rings. The van der Waals surface area contributed by atoms with Crippen molar-refractivity contribution < 1.29 is 0 Å². The number of rotatable bonds is 23. The van der Waals surface area contributed by atoms with Crippen LogP contribution in [-0.2, 0) is 0 Å². The van der Waals surface area contributed by atoms with Crippen LogP contribution in [-0.4, -0.2) is 29.6 Å². The zero-order valence-corrected chi connectivity index (χ0v) is 21.0. The number of hydrogen-bond acceptors (Lipinski definition) is 2. The summed E-state index contributed by atoms with van der Waals surface area (Å²) in [5.41, 5.74) is 0. The smallest absolute Gasteiger partial charge is 0.0893 e. The zero-order chi connectivity index (χ0) is 21.5. The van der Waals surface area contributed by atoms with Crippen LogP contribution in [0.3, 0.4) is 0 Å². The third kappa shape index (κ3) is 17.1. The molecule has 0 aromatic heterocycles. The number of hydrogen-bond donors (Lipinski definition) is 0. The molecule has 0 aliphatic carbocycles. The van der Waals surface area contributed by atoms with Crippen molar-refractivity contribution in [2.24, 2.45) is 0 Å². The Labute approximate surface area is 190 Å². The van der Waals surface area contributed by atoms with Crippen molar-refractivity contribution in [2.45, 2.75) is 149 Å². The molecule has 0 N–H and O–H groups in total. The molecule has 0 spiro atoms. The Bertz CT molecular complexity index is 366. The molecule has 0 fully saturated rings. The molecule has 0 unspecified atom stereocenters. The molecular formula is C28H56N2. The Morgan fingerprint density at radius 3 is 0.967 bits per heavy atom. The van der Waals surface area contributed by atoms with E-state index < -0.39 is 0 Å². The third-order valence-electron chi connectivity index (χ3n) is 6.70. The van der Waals surface area contributed by atoms with Gasteiger partial charge < -0.3 is 9.80 Å². The van der Waals surface area contributed by atoms with Gasteiger partial charge in [0.2, 0.25) is 0 Å². The van der Waals surface area contributed by atoms with Crippen LogP contribution in [0, 0.1) is 0 Å². The molecule has 30 heavy (non-hydrogen) atoms. The Kier molecular flexibility index (Phi) is 19.7. The van der Waals surface area contributed by atoms with Gasteiger partial charge >= 0.3 is 0 Å². The topological polar surface area (TPSA) is 6.48 Å². The monoisotopic (exact) mass is 420 g/mol. The molecule has 0 saturated carbocycles. The molecule has 1 rings (SSSR count). The standard InChI is InChI=1S/C28H56N2/c1-3-5-7-9-11-12-13-14-15-16-17-19-21-23-25-30-27-26-29(28-30)24-22-20-18-10-8-6-4-2/h26-27H,3-25,28H2,1-2H3. The van der Waals surface area contributed by atoms with Crippen LogP contribution in [0.15, 0.2) is 12.4 Å². The van der Waals surface area contributed by atoms with E-state index in [1.807, 2.05) is 0 Å². The Balaban J connectivity index is 1.77. The lowest BCUT2D eigenvalue weighted by molar-refractivity contribution is 0.257. The van der Waals surface area contributed by atoms with E-state index in [4.69, 9.17) is 0 Å². The van der Waals surface area contributed by atoms with Crippen molar-refractivity contribution >= 4 is 0 Å². The average Bonchev–Trinajstić information content (AvgIpc) is 3.21. The molecular weight excluding hydrogens is 364 g/mol. The maximum atomic E-state index is 2.52. The van der Waals surface area contributed by atoms with Crippen LogP contribution in [0.25, 0.3) is 0 Å². The quantitative estimate of drug-likeness (QED) is 0.152. The van der Waals surface area contributed by atoms with Crippen LogP contribution < -0.4 is 0 Å². The first-order chi connectivity index (χ1) is 14.9. The van der Waals surface area contributed by atoms with Gasteiger partial charge in [-0.05, 0) is 12.8 Å². The molecule has 178 valence electrons. The normalized spacial score (nSPS) is 13.7. The van der Waals surface area contributed by atoms with Crippen LogP contribution >= 0.6 is 0 Å². The van der Waals surface area contributed by atoms with Gasteiger partial charge in [-0.1, -0.05) is 136 Å².